The summed E-state index contributed by atoms with van der Waals surface area (Å²) in [6.07, 6.45) is -3.58. The molecule has 0 saturated carbocycles. The molecule has 3 aromatic rings. The van der Waals surface area contributed by atoms with E-state index >= 15 is 0 Å². The van der Waals surface area contributed by atoms with E-state index in [2.05, 4.69) is 10.6 Å². The normalized spacial score (nSPS) is 11.2. The number of carbonyl (C=O) groups excluding carboxylic acids is 3. The average Bonchev–Trinajstić information content (AvgIpc) is 3.41. The van der Waals surface area contributed by atoms with Crippen molar-refractivity contribution in [3.63, 3.8) is 0 Å². The summed E-state index contributed by atoms with van der Waals surface area (Å²) < 4.78 is 43.3. The lowest BCUT2D eigenvalue weighted by atomic mass is 10.1. The summed E-state index contributed by atoms with van der Waals surface area (Å²) in [6.45, 7) is 2.80. The number of benzene rings is 1. The topological polar surface area (TPSA) is 91.7 Å². The van der Waals surface area contributed by atoms with Crippen molar-refractivity contribution in [3.8, 4) is 0 Å². The monoisotopic (exact) mass is 479 g/mol. The molecule has 0 aliphatic carbocycles. The first-order valence-corrected chi connectivity index (χ1v) is 10.6. The number of anilines is 2. The Hall–Kier alpha value is -3.60. The highest BCUT2D eigenvalue weighted by Gasteiger charge is 2.41. The molecule has 3 amide bonds. The van der Waals surface area contributed by atoms with E-state index in [1.807, 2.05) is 0 Å². The third kappa shape index (κ3) is 6.01. The molecule has 0 aliphatic heterocycles. The molecule has 1 aromatic carbocycles. The van der Waals surface area contributed by atoms with Gasteiger partial charge in [0.2, 0.25) is 0 Å². The van der Waals surface area contributed by atoms with Crippen LogP contribution in [0.3, 0.4) is 0 Å². The molecular formula is C22H20F3N3O4S. The van der Waals surface area contributed by atoms with Gasteiger partial charge in [-0.05, 0) is 55.3 Å². The number of hydrogen-bond donors (Lipinski definition) is 2. The number of amides is 3. The molecule has 0 atom stereocenters. The predicted octanol–water partition coefficient (Wildman–Crippen LogP) is 5.06. The summed E-state index contributed by atoms with van der Waals surface area (Å²) in [7, 11) is 0. The van der Waals surface area contributed by atoms with Crippen LogP contribution in [0.15, 0.2) is 53.1 Å². The average molecular weight is 479 g/mol. The molecule has 2 heterocycles. The lowest BCUT2D eigenvalue weighted by Gasteiger charge is -2.22. The number of hydrogen-bond acceptors (Lipinski definition) is 5. The molecule has 11 heteroatoms. The van der Waals surface area contributed by atoms with E-state index in [4.69, 9.17) is 4.42 Å². The number of carbonyl (C=O) groups is 3. The number of halogens is 3. The first-order valence-electron chi connectivity index (χ1n) is 9.80. The highest BCUT2D eigenvalue weighted by atomic mass is 32.1. The van der Waals surface area contributed by atoms with Gasteiger partial charge in [0, 0.05) is 18.8 Å². The molecule has 7 nitrogen and oxygen atoms in total. The smallest absolute Gasteiger partial charge is 0.459 e. The van der Waals surface area contributed by atoms with Crippen molar-refractivity contribution < 1.29 is 32.0 Å². The van der Waals surface area contributed by atoms with Gasteiger partial charge in [-0.25, -0.2) is 0 Å². The Kier molecular flexibility index (Phi) is 7.22. The Balaban J connectivity index is 1.69. The minimum Gasteiger partial charge on any atom is -0.459 e. The van der Waals surface area contributed by atoms with E-state index in [-0.39, 0.29) is 18.8 Å². The van der Waals surface area contributed by atoms with Gasteiger partial charge in [0.25, 0.3) is 11.8 Å². The second-order valence-corrected chi connectivity index (χ2v) is 8.08. The van der Waals surface area contributed by atoms with Crippen molar-refractivity contribution in [2.75, 3.05) is 17.2 Å². The van der Waals surface area contributed by atoms with Crippen molar-refractivity contribution in [2.24, 2.45) is 0 Å². The number of nitrogens with zero attached hydrogens (tertiary/aromatic N) is 1. The summed E-state index contributed by atoms with van der Waals surface area (Å²) in [5.41, 5.74) is 1.43. The first kappa shape index (κ1) is 24.1. The van der Waals surface area contributed by atoms with Crippen LogP contribution < -0.4 is 10.6 Å². The standard InChI is InChI=1S/C22H20F3N3O4S/c1-3-28(21(31)22(23,24)25)12-14-6-4-7-15(11-14)26-20(30)18-13(2)10-17(33-18)27-19(29)16-8-5-9-32-16/h4-11H,3,12H2,1-2H3,(H,26,30)(H,27,29). The summed E-state index contributed by atoms with van der Waals surface area (Å²) in [5.74, 6) is -2.67. The lowest BCUT2D eigenvalue weighted by Crippen LogP contribution is -2.40. The van der Waals surface area contributed by atoms with Crippen LogP contribution in [0.5, 0.6) is 0 Å². The van der Waals surface area contributed by atoms with Crippen molar-refractivity contribution in [1.29, 1.82) is 0 Å². The molecule has 174 valence electrons. The van der Waals surface area contributed by atoms with Crippen LogP contribution in [-0.2, 0) is 11.3 Å². The second-order valence-electron chi connectivity index (χ2n) is 7.03. The fourth-order valence-corrected chi connectivity index (χ4v) is 3.98. The Labute approximate surface area is 191 Å². The highest BCUT2D eigenvalue weighted by Crippen LogP contribution is 2.28. The van der Waals surface area contributed by atoms with Crippen LogP contribution in [-0.4, -0.2) is 35.3 Å². The van der Waals surface area contributed by atoms with Crippen molar-refractivity contribution in [1.82, 2.24) is 4.90 Å². The maximum atomic E-state index is 12.7. The van der Waals surface area contributed by atoms with Gasteiger partial charge in [-0.1, -0.05) is 12.1 Å². The van der Waals surface area contributed by atoms with E-state index in [9.17, 15) is 27.6 Å². The zero-order chi connectivity index (χ0) is 24.2. The van der Waals surface area contributed by atoms with Crippen LogP contribution in [0, 0.1) is 6.92 Å². The molecule has 0 saturated heterocycles. The minimum atomic E-state index is -4.96. The number of alkyl halides is 3. The second kappa shape index (κ2) is 9.90. The summed E-state index contributed by atoms with van der Waals surface area (Å²) >= 11 is 1.07. The SMILES string of the molecule is CCN(Cc1cccc(NC(=O)c2sc(NC(=O)c3ccco3)cc2C)c1)C(=O)C(F)(F)F. The number of furan rings is 1. The Bertz CT molecular complexity index is 1160. The molecule has 0 aliphatic rings. The number of nitrogens with one attached hydrogen (secondary N) is 2. The summed E-state index contributed by atoms with van der Waals surface area (Å²) in [6, 6.07) is 11.0. The molecule has 2 N–H and O–H groups in total. The largest absolute Gasteiger partial charge is 0.471 e. The fourth-order valence-electron chi connectivity index (χ4n) is 3.01. The molecule has 0 spiro atoms. The van der Waals surface area contributed by atoms with Gasteiger partial charge in [0.05, 0.1) is 16.1 Å². The van der Waals surface area contributed by atoms with Crippen molar-refractivity contribution in [2.45, 2.75) is 26.6 Å². The number of rotatable bonds is 7. The minimum absolute atomic E-state index is 0.115. The molecule has 0 fully saturated rings. The molecule has 2 aromatic heterocycles. The van der Waals surface area contributed by atoms with Gasteiger partial charge in [-0.2, -0.15) is 13.2 Å². The van der Waals surface area contributed by atoms with E-state index in [0.717, 1.165) is 11.3 Å². The van der Waals surface area contributed by atoms with Gasteiger partial charge in [-0.3, -0.25) is 14.4 Å². The number of aryl methyl sites for hydroxylation is 1. The van der Waals surface area contributed by atoms with E-state index in [0.29, 0.717) is 31.6 Å². The fraction of sp³-hybridized carbons (Fsp3) is 0.227. The molecule has 0 unspecified atom stereocenters. The van der Waals surface area contributed by atoms with Crippen molar-refractivity contribution in [3.05, 3.63) is 70.5 Å². The third-order valence-electron chi connectivity index (χ3n) is 4.58. The van der Waals surface area contributed by atoms with Gasteiger partial charge in [0.15, 0.2) is 5.76 Å². The Morgan fingerprint density at radius 1 is 1.06 bits per heavy atom. The Morgan fingerprint density at radius 3 is 2.45 bits per heavy atom. The summed E-state index contributed by atoms with van der Waals surface area (Å²) in [4.78, 5) is 37.4. The van der Waals surface area contributed by atoms with E-state index in [1.165, 1.54) is 25.3 Å². The van der Waals surface area contributed by atoms with Crippen molar-refractivity contribution >= 4 is 39.7 Å². The number of thiophene rings is 1. The maximum absolute atomic E-state index is 12.7. The van der Waals surface area contributed by atoms with Gasteiger partial charge >= 0.3 is 12.1 Å². The quantitative estimate of drug-likeness (QED) is 0.495. The summed E-state index contributed by atoms with van der Waals surface area (Å²) in [5, 5.41) is 5.82. The zero-order valence-corrected chi connectivity index (χ0v) is 18.5. The van der Waals surface area contributed by atoms with Crippen LogP contribution in [0.25, 0.3) is 0 Å². The van der Waals surface area contributed by atoms with Crippen LogP contribution >= 0.6 is 11.3 Å². The van der Waals surface area contributed by atoms with Gasteiger partial charge in [0.1, 0.15) is 0 Å². The molecule has 3 rings (SSSR count). The van der Waals surface area contributed by atoms with Crippen LogP contribution in [0.4, 0.5) is 23.9 Å². The molecular weight excluding hydrogens is 459 g/mol. The predicted molar refractivity (Wildman–Crippen MR) is 117 cm³/mol. The molecule has 0 radical (unpaired) electrons. The maximum Gasteiger partial charge on any atom is 0.471 e. The van der Waals surface area contributed by atoms with E-state index in [1.54, 1.807) is 37.3 Å². The highest BCUT2D eigenvalue weighted by molar-refractivity contribution is 7.18. The van der Waals surface area contributed by atoms with Gasteiger partial charge in [-0.15, -0.1) is 11.3 Å². The molecule has 33 heavy (non-hydrogen) atoms. The lowest BCUT2D eigenvalue weighted by molar-refractivity contribution is -0.185. The zero-order valence-electron chi connectivity index (χ0n) is 17.7. The molecule has 0 bridgehead atoms. The van der Waals surface area contributed by atoms with E-state index < -0.39 is 23.9 Å². The third-order valence-corrected chi connectivity index (χ3v) is 5.73. The van der Waals surface area contributed by atoms with Crippen LogP contribution in [0.2, 0.25) is 0 Å². The Morgan fingerprint density at radius 2 is 1.82 bits per heavy atom. The van der Waals surface area contributed by atoms with Crippen LogP contribution in [0.1, 0.15) is 38.3 Å². The van der Waals surface area contributed by atoms with Gasteiger partial charge < -0.3 is 20.0 Å². The first-order chi connectivity index (χ1) is 15.6.